The molecule has 0 bridgehead atoms. The van der Waals surface area contributed by atoms with Crippen molar-refractivity contribution in [2.75, 3.05) is 25.5 Å². The molecule has 1 aliphatic heterocycles. The van der Waals surface area contributed by atoms with E-state index in [0.717, 1.165) is 25.9 Å². The largest absolute Gasteiger partial charge is 0.505 e. The molecular formula is C14H19N3O4. The van der Waals surface area contributed by atoms with Crippen LogP contribution in [0.2, 0.25) is 0 Å². The van der Waals surface area contributed by atoms with Crippen molar-refractivity contribution >= 4 is 17.7 Å². The van der Waals surface area contributed by atoms with E-state index in [-0.39, 0.29) is 17.3 Å². The predicted molar refractivity (Wildman–Crippen MR) is 77.7 cm³/mol. The molecular weight excluding hydrogens is 274 g/mol. The Morgan fingerprint density at radius 2 is 2.14 bits per heavy atom. The molecule has 21 heavy (non-hydrogen) atoms. The molecule has 0 saturated carbocycles. The van der Waals surface area contributed by atoms with Gasteiger partial charge in [0.2, 0.25) is 0 Å². The highest BCUT2D eigenvalue weighted by Crippen LogP contribution is 2.27. The molecule has 1 atom stereocenters. The Kier molecular flexibility index (Phi) is 4.64. The third-order valence-electron chi connectivity index (χ3n) is 3.47. The molecule has 114 valence electrons. The predicted octanol–water partition coefficient (Wildman–Crippen LogP) is 1.31. The standard InChI is InChI=1S/C14H19N3O4/c1-17-7-3-4-9(8-17)15-14(21)16-11-6-2-5-10(12(11)18)13(19)20/h2,5-6,9,18H,3-4,7-8H2,1H3,(H,19,20)(H2,15,16,21). The molecule has 7 heteroatoms. The van der Waals surface area contributed by atoms with Gasteiger partial charge in [0.1, 0.15) is 5.56 Å². The van der Waals surface area contributed by atoms with E-state index >= 15 is 0 Å². The van der Waals surface area contributed by atoms with Crippen molar-refractivity contribution in [1.82, 2.24) is 10.2 Å². The average molecular weight is 293 g/mol. The number of amides is 2. The van der Waals surface area contributed by atoms with Crippen molar-refractivity contribution in [2.24, 2.45) is 0 Å². The van der Waals surface area contributed by atoms with E-state index in [4.69, 9.17) is 5.11 Å². The first-order valence-corrected chi connectivity index (χ1v) is 6.78. The number of para-hydroxylation sites is 1. The molecule has 2 amide bonds. The van der Waals surface area contributed by atoms with Gasteiger partial charge in [-0.3, -0.25) is 0 Å². The number of nitrogens with zero attached hydrogens (tertiary/aromatic N) is 1. The molecule has 1 unspecified atom stereocenters. The number of piperidine rings is 1. The second kappa shape index (κ2) is 6.45. The summed E-state index contributed by atoms with van der Waals surface area (Å²) in [4.78, 5) is 25.0. The maximum absolute atomic E-state index is 11.9. The molecule has 2 rings (SSSR count). The summed E-state index contributed by atoms with van der Waals surface area (Å²) in [6.07, 6.45) is 1.92. The van der Waals surface area contributed by atoms with Gasteiger partial charge < -0.3 is 25.7 Å². The third kappa shape index (κ3) is 3.85. The number of likely N-dealkylation sites (tertiary alicyclic amines) is 1. The number of likely N-dealkylation sites (N-methyl/N-ethyl adjacent to an activating group) is 1. The zero-order valence-corrected chi connectivity index (χ0v) is 11.8. The fraction of sp³-hybridized carbons (Fsp3) is 0.429. The van der Waals surface area contributed by atoms with Crippen LogP contribution in [0.15, 0.2) is 18.2 Å². The Labute approximate surface area is 122 Å². The van der Waals surface area contributed by atoms with Crippen LogP contribution in [0.5, 0.6) is 5.75 Å². The summed E-state index contributed by atoms with van der Waals surface area (Å²) in [5.74, 6) is -1.69. The number of aromatic carboxylic acids is 1. The molecule has 1 heterocycles. The summed E-state index contributed by atoms with van der Waals surface area (Å²) < 4.78 is 0. The highest BCUT2D eigenvalue weighted by molar-refractivity contribution is 5.97. The Morgan fingerprint density at radius 1 is 1.38 bits per heavy atom. The van der Waals surface area contributed by atoms with Crippen LogP contribution in [0.3, 0.4) is 0 Å². The molecule has 0 radical (unpaired) electrons. The van der Waals surface area contributed by atoms with Gasteiger partial charge in [0.15, 0.2) is 5.75 Å². The van der Waals surface area contributed by atoms with Crippen molar-refractivity contribution < 1.29 is 19.8 Å². The SMILES string of the molecule is CN1CCCC(NC(=O)Nc2cccc(C(=O)O)c2O)C1. The Morgan fingerprint density at radius 3 is 2.81 bits per heavy atom. The molecule has 1 aromatic carbocycles. The van der Waals surface area contributed by atoms with Gasteiger partial charge in [-0.15, -0.1) is 0 Å². The van der Waals surface area contributed by atoms with E-state index in [1.54, 1.807) is 0 Å². The minimum absolute atomic E-state index is 0.0496. The minimum Gasteiger partial charge on any atom is -0.505 e. The maximum Gasteiger partial charge on any atom is 0.339 e. The summed E-state index contributed by atoms with van der Waals surface area (Å²) in [5, 5.41) is 24.1. The topological polar surface area (TPSA) is 102 Å². The van der Waals surface area contributed by atoms with Crippen LogP contribution >= 0.6 is 0 Å². The van der Waals surface area contributed by atoms with Crippen molar-refractivity contribution in [3.63, 3.8) is 0 Å². The lowest BCUT2D eigenvalue weighted by Crippen LogP contribution is -2.47. The van der Waals surface area contributed by atoms with Crippen LogP contribution < -0.4 is 10.6 Å². The summed E-state index contributed by atoms with van der Waals surface area (Å²) in [7, 11) is 1.99. The highest BCUT2D eigenvalue weighted by Gasteiger charge is 2.20. The van der Waals surface area contributed by atoms with Crippen molar-refractivity contribution in [2.45, 2.75) is 18.9 Å². The molecule has 1 saturated heterocycles. The monoisotopic (exact) mass is 293 g/mol. The average Bonchev–Trinajstić information content (AvgIpc) is 2.40. The molecule has 4 N–H and O–H groups in total. The van der Waals surface area contributed by atoms with E-state index in [0.29, 0.717) is 0 Å². The van der Waals surface area contributed by atoms with E-state index in [9.17, 15) is 14.7 Å². The summed E-state index contributed by atoms with van der Waals surface area (Å²) in [6, 6.07) is 3.79. The third-order valence-corrected chi connectivity index (χ3v) is 3.47. The van der Waals surface area contributed by atoms with Crippen LogP contribution in [0, 0.1) is 0 Å². The summed E-state index contributed by atoms with van der Waals surface area (Å²) in [5.41, 5.74) is -0.165. The molecule has 1 aromatic rings. The van der Waals surface area contributed by atoms with E-state index in [2.05, 4.69) is 15.5 Å². The first-order chi connectivity index (χ1) is 9.97. The molecule has 0 spiro atoms. The van der Waals surface area contributed by atoms with Crippen LogP contribution in [-0.4, -0.2) is 53.3 Å². The van der Waals surface area contributed by atoms with Crippen LogP contribution in [0.1, 0.15) is 23.2 Å². The Bertz CT molecular complexity index is 547. The van der Waals surface area contributed by atoms with E-state index < -0.39 is 17.7 Å². The second-order valence-electron chi connectivity index (χ2n) is 5.21. The summed E-state index contributed by atoms with van der Waals surface area (Å²) >= 11 is 0. The number of carboxylic acids is 1. The van der Waals surface area contributed by atoms with Crippen LogP contribution in [0.25, 0.3) is 0 Å². The highest BCUT2D eigenvalue weighted by atomic mass is 16.4. The number of urea groups is 1. The van der Waals surface area contributed by atoms with Crippen molar-refractivity contribution in [3.05, 3.63) is 23.8 Å². The number of aromatic hydroxyl groups is 1. The van der Waals surface area contributed by atoms with Crippen molar-refractivity contribution in [3.8, 4) is 5.75 Å². The van der Waals surface area contributed by atoms with Gasteiger partial charge in [-0.25, -0.2) is 9.59 Å². The number of benzene rings is 1. The zero-order valence-electron chi connectivity index (χ0n) is 11.8. The van der Waals surface area contributed by atoms with Gasteiger partial charge in [0, 0.05) is 12.6 Å². The normalized spacial score (nSPS) is 19.0. The summed E-state index contributed by atoms with van der Waals surface area (Å²) in [6.45, 7) is 1.79. The quantitative estimate of drug-likeness (QED) is 0.629. The number of anilines is 1. The van der Waals surface area contributed by atoms with Gasteiger partial charge in [-0.05, 0) is 38.6 Å². The van der Waals surface area contributed by atoms with Crippen LogP contribution in [0.4, 0.5) is 10.5 Å². The van der Waals surface area contributed by atoms with Crippen LogP contribution in [-0.2, 0) is 0 Å². The first-order valence-electron chi connectivity index (χ1n) is 6.78. The smallest absolute Gasteiger partial charge is 0.339 e. The molecule has 7 nitrogen and oxygen atoms in total. The Balaban J connectivity index is 1.99. The molecule has 0 aromatic heterocycles. The number of carboxylic acid groups (broad SMARTS) is 1. The van der Waals surface area contributed by atoms with Crippen molar-refractivity contribution in [1.29, 1.82) is 0 Å². The van der Waals surface area contributed by atoms with Gasteiger partial charge in [-0.1, -0.05) is 6.07 Å². The minimum atomic E-state index is -1.24. The molecule has 1 fully saturated rings. The number of rotatable bonds is 3. The van der Waals surface area contributed by atoms with Gasteiger partial charge in [0.05, 0.1) is 5.69 Å². The fourth-order valence-corrected chi connectivity index (χ4v) is 2.44. The van der Waals surface area contributed by atoms with E-state index in [1.165, 1.54) is 18.2 Å². The lowest BCUT2D eigenvalue weighted by Gasteiger charge is -2.30. The number of phenols is 1. The first kappa shape index (κ1) is 15.1. The molecule has 1 aliphatic rings. The fourth-order valence-electron chi connectivity index (χ4n) is 2.44. The zero-order chi connectivity index (χ0) is 15.4. The number of carbonyl (C=O) groups is 2. The number of hydrogen-bond donors (Lipinski definition) is 4. The molecule has 0 aliphatic carbocycles. The lowest BCUT2D eigenvalue weighted by molar-refractivity contribution is 0.0693. The Hall–Kier alpha value is -2.28. The van der Waals surface area contributed by atoms with Gasteiger partial charge in [-0.2, -0.15) is 0 Å². The number of hydrogen-bond acceptors (Lipinski definition) is 4. The van der Waals surface area contributed by atoms with E-state index in [1.807, 2.05) is 7.05 Å². The van der Waals surface area contributed by atoms with Gasteiger partial charge in [0.25, 0.3) is 0 Å². The second-order valence-corrected chi connectivity index (χ2v) is 5.21. The van der Waals surface area contributed by atoms with Gasteiger partial charge >= 0.3 is 12.0 Å². The number of nitrogens with one attached hydrogen (secondary N) is 2. The number of carbonyl (C=O) groups excluding carboxylic acids is 1. The maximum atomic E-state index is 11.9. The lowest BCUT2D eigenvalue weighted by atomic mass is 10.1.